The van der Waals surface area contributed by atoms with Gasteiger partial charge in [-0.3, -0.25) is 4.79 Å². The van der Waals surface area contributed by atoms with Gasteiger partial charge >= 0.3 is 0 Å². The highest BCUT2D eigenvalue weighted by Crippen LogP contribution is 2.66. The Kier molecular flexibility index (Phi) is 1.53. The molecule has 3 rings (SSSR count). The minimum atomic E-state index is 0.0910. The molecule has 0 N–H and O–H groups in total. The highest BCUT2D eigenvalue weighted by molar-refractivity contribution is 5.83. The predicted molar refractivity (Wildman–Crippen MR) is 53.0 cm³/mol. The van der Waals surface area contributed by atoms with E-state index in [-0.39, 0.29) is 11.0 Å². The van der Waals surface area contributed by atoms with Crippen molar-refractivity contribution in [2.24, 2.45) is 11.3 Å². The maximum Gasteiger partial charge on any atom is 0.136 e. The van der Waals surface area contributed by atoms with Crippen LogP contribution in [0, 0.1) is 11.3 Å². The van der Waals surface area contributed by atoms with E-state index >= 15 is 0 Å². The van der Waals surface area contributed by atoms with Crippen LogP contribution in [0.25, 0.3) is 0 Å². The van der Waals surface area contributed by atoms with E-state index in [9.17, 15) is 4.79 Å². The van der Waals surface area contributed by atoms with Crippen LogP contribution >= 0.6 is 0 Å². The molecule has 1 aliphatic heterocycles. The number of Topliss-reactive ketones (excluding diaryl/α,β-unsaturated/α-hetero) is 1. The number of rotatable bonds is 0. The number of epoxide rings is 1. The monoisotopic (exact) mass is 194 g/mol. The lowest BCUT2D eigenvalue weighted by atomic mass is 9.64. The lowest BCUT2D eigenvalue weighted by molar-refractivity contribution is -0.130. The highest BCUT2D eigenvalue weighted by atomic mass is 16.6. The second-order valence-corrected chi connectivity index (χ2v) is 5.48. The SMILES string of the molecule is C[C@@H]1OC12CCC1C(=O)CCC[C@@]12C. The Morgan fingerprint density at radius 1 is 1.43 bits per heavy atom. The average Bonchev–Trinajstić information content (AvgIpc) is 2.67. The first-order chi connectivity index (χ1) is 6.60. The van der Waals surface area contributed by atoms with Crippen molar-refractivity contribution in [1.29, 1.82) is 0 Å². The molecule has 2 nitrogen and oxygen atoms in total. The summed E-state index contributed by atoms with van der Waals surface area (Å²) in [5, 5.41) is 0. The van der Waals surface area contributed by atoms with Gasteiger partial charge in [0.2, 0.25) is 0 Å². The predicted octanol–water partition coefficient (Wildman–Crippen LogP) is 2.31. The molecule has 0 aromatic rings. The number of ether oxygens (including phenoxy) is 1. The Hall–Kier alpha value is -0.370. The van der Waals surface area contributed by atoms with Gasteiger partial charge in [-0.05, 0) is 32.6 Å². The summed E-state index contributed by atoms with van der Waals surface area (Å²) in [7, 11) is 0. The number of carbonyl (C=O) groups excluding carboxylic acids is 1. The topological polar surface area (TPSA) is 29.6 Å². The molecule has 14 heavy (non-hydrogen) atoms. The van der Waals surface area contributed by atoms with E-state index in [4.69, 9.17) is 4.74 Å². The van der Waals surface area contributed by atoms with E-state index in [2.05, 4.69) is 13.8 Å². The maximum atomic E-state index is 11.8. The summed E-state index contributed by atoms with van der Waals surface area (Å²) in [4.78, 5) is 11.8. The molecule has 2 aliphatic carbocycles. The summed E-state index contributed by atoms with van der Waals surface area (Å²) < 4.78 is 5.83. The van der Waals surface area contributed by atoms with E-state index in [1.807, 2.05) is 0 Å². The normalized spacial score (nSPS) is 56.3. The van der Waals surface area contributed by atoms with Crippen LogP contribution in [0.15, 0.2) is 0 Å². The summed E-state index contributed by atoms with van der Waals surface area (Å²) in [6.07, 6.45) is 5.64. The van der Waals surface area contributed by atoms with Gasteiger partial charge in [-0.1, -0.05) is 6.92 Å². The van der Waals surface area contributed by atoms with Gasteiger partial charge in [-0.25, -0.2) is 0 Å². The van der Waals surface area contributed by atoms with E-state index in [0.29, 0.717) is 17.8 Å². The van der Waals surface area contributed by atoms with Crippen LogP contribution in [0.5, 0.6) is 0 Å². The van der Waals surface area contributed by atoms with Gasteiger partial charge < -0.3 is 4.74 Å². The minimum absolute atomic E-state index is 0.0910. The van der Waals surface area contributed by atoms with Gasteiger partial charge in [-0.15, -0.1) is 0 Å². The van der Waals surface area contributed by atoms with Gasteiger partial charge in [0.05, 0.1) is 6.10 Å². The van der Waals surface area contributed by atoms with E-state index in [1.165, 1.54) is 6.42 Å². The van der Waals surface area contributed by atoms with E-state index in [0.717, 1.165) is 25.7 Å². The molecule has 78 valence electrons. The summed E-state index contributed by atoms with van der Waals surface area (Å²) in [5.74, 6) is 0.805. The highest BCUT2D eigenvalue weighted by Gasteiger charge is 2.71. The van der Waals surface area contributed by atoms with Crippen molar-refractivity contribution in [2.75, 3.05) is 0 Å². The van der Waals surface area contributed by atoms with E-state index < -0.39 is 0 Å². The first-order valence-corrected chi connectivity index (χ1v) is 5.81. The molecule has 2 heteroatoms. The number of carbonyl (C=O) groups is 1. The van der Waals surface area contributed by atoms with Crippen LogP contribution in [0.1, 0.15) is 46.0 Å². The molecule has 1 spiro atoms. The number of hydrogen-bond donors (Lipinski definition) is 0. The molecule has 3 fully saturated rings. The standard InChI is InChI=1S/C12H18O2/c1-8-12(14-8)7-5-9-10(13)4-3-6-11(9,12)2/h8-9H,3-7H2,1-2H3/t8-,9?,11-,12?/m0/s1. The van der Waals surface area contributed by atoms with Crippen molar-refractivity contribution in [3.63, 3.8) is 0 Å². The number of fused-ring (bicyclic) bond motifs is 2. The maximum absolute atomic E-state index is 11.8. The molecular formula is C12H18O2. The second-order valence-electron chi connectivity index (χ2n) is 5.48. The molecule has 0 bridgehead atoms. The zero-order valence-electron chi connectivity index (χ0n) is 9.01. The molecule has 2 saturated carbocycles. The van der Waals surface area contributed by atoms with Gasteiger partial charge in [0.1, 0.15) is 11.4 Å². The van der Waals surface area contributed by atoms with Crippen molar-refractivity contribution in [3.8, 4) is 0 Å². The molecule has 1 saturated heterocycles. The summed E-state index contributed by atoms with van der Waals surface area (Å²) in [6, 6.07) is 0. The Morgan fingerprint density at radius 3 is 2.79 bits per heavy atom. The Morgan fingerprint density at radius 2 is 2.14 bits per heavy atom. The number of hydrogen-bond acceptors (Lipinski definition) is 2. The van der Waals surface area contributed by atoms with Gasteiger partial charge in [0.25, 0.3) is 0 Å². The molecule has 0 aromatic carbocycles. The van der Waals surface area contributed by atoms with Crippen LogP contribution in [0.3, 0.4) is 0 Å². The lowest BCUT2D eigenvalue weighted by Crippen LogP contribution is -2.42. The second kappa shape index (κ2) is 2.41. The van der Waals surface area contributed by atoms with Crippen LogP contribution < -0.4 is 0 Å². The third-order valence-corrected chi connectivity index (χ3v) is 5.03. The summed E-state index contributed by atoms with van der Waals surface area (Å²) in [6.45, 7) is 4.44. The van der Waals surface area contributed by atoms with E-state index in [1.54, 1.807) is 0 Å². The molecule has 1 heterocycles. The largest absolute Gasteiger partial charge is 0.366 e. The van der Waals surface area contributed by atoms with Gasteiger partial charge in [0.15, 0.2) is 0 Å². The molecule has 0 amide bonds. The number of ketones is 1. The molecule has 3 aliphatic rings. The fourth-order valence-electron chi connectivity index (χ4n) is 4.11. The van der Waals surface area contributed by atoms with Gasteiger partial charge in [-0.2, -0.15) is 0 Å². The van der Waals surface area contributed by atoms with Gasteiger partial charge in [0, 0.05) is 17.8 Å². The van der Waals surface area contributed by atoms with Crippen LogP contribution in [0.2, 0.25) is 0 Å². The average molecular weight is 194 g/mol. The van der Waals surface area contributed by atoms with Crippen molar-refractivity contribution in [2.45, 2.75) is 57.7 Å². The molecule has 4 atom stereocenters. The van der Waals surface area contributed by atoms with Crippen molar-refractivity contribution in [1.82, 2.24) is 0 Å². The molecule has 2 unspecified atom stereocenters. The fraction of sp³-hybridized carbons (Fsp3) is 0.917. The lowest BCUT2D eigenvalue weighted by Gasteiger charge is -2.38. The van der Waals surface area contributed by atoms with Crippen LogP contribution in [-0.2, 0) is 9.53 Å². The fourth-order valence-corrected chi connectivity index (χ4v) is 4.11. The molecular weight excluding hydrogens is 176 g/mol. The molecule has 0 aromatic heterocycles. The van der Waals surface area contributed by atoms with Crippen molar-refractivity contribution < 1.29 is 9.53 Å². The Labute approximate surface area is 85.0 Å². The summed E-state index contributed by atoms with van der Waals surface area (Å²) in [5.41, 5.74) is 0.259. The van der Waals surface area contributed by atoms with Crippen LogP contribution in [-0.4, -0.2) is 17.5 Å². The van der Waals surface area contributed by atoms with Crippen molar-refractivity contribution in [3.05, 3.63) is 0 Å². The zero-order chi connectivity index (χ0) is 9.97. The third kappa shape index (κ3) is 0.796. The quantitative estimate of drug-likeness (QED) is 0.554. The first kappa shape index (κ1) is 8.90. The third-order valence-electron chi connectivity index (χ3n) is 5.03. The van der Waals surface area contributed by atoms with Crippen LogP contribution in [0.4, 0.5) is 0 Å². The zero-order valence-corrected chi connectivity index (χ0v) is 9.01. The summed E-state index contributed by atoms with van der Waals surface area (Å²) >= 11 is 0. The van der Waals surface area contributed by atoms with Crippen molar-refractivity contribution >= 4 is 5.78 Å². The Bertz CT molecular complexity index is 299. The first-order valence-electron chi connectivity index (χ1n) is 5.81. The minimum Gasteiger partial charge on any atom is -0.366 e. The Balaban J connectivity index is 1.98. The molecule has 0 radical (unpaired) electrons. The smallest absolute Gasteiger partial charge is 0.136 e.